The number of nitrogens with zero attached hydrogens (tertiary/aromatic N) is 2. The van der Waals surface area contributed by atoms with Crippen molar-refractivity contribution >= 4 is 28.3 Å². The second kappa shape index (κ2) is 6.55. The molecule has 0 aliphatic heterocycles. The number of hydrogen-bond acceptors (Lipinski definition) is 5. The first-order valence-electron chi connectivity index (χ1n) is 8.30. The molecule has 3 rings (SSSR count). The highest BCUT2D eigenvalue weighted by Crippen LogP contribution is 2.40. The van der Waals surface area contributed by atoms with Crippen LogP contribution in [-0.4, -0.2) is 21.8 Å². The number of hydrogen-bond donors (Lipinski definition) is 2. The highest BCUT2D eigenvalue weighted by Gasteiger charge is 2.30. The number of primary amides is 1. The molecule has 132 valence electrons. The quantitative estimate of drug-likeness (QED) is 0.881. The zero-order valence-corrected chi connectivity index (χ0v) is 15.4. The van der Waals surface area contributed by atoms with E-state index in [2.05, 4.69) is 36.1 Å². The Labute approximate surface area is 150 Å². The SMILES string of the molecule is CC(C)(C)C1CCc2nc(NC(=O)c3ccc(C(N)=O)nc3)sc2C1. The van der Waals surface area contributed by atoms with Gasteiger partial charge in [-0.1, -0.05) is 20.8 Å². The molecule has 0 fully saturated rings. The first-order valence-corrected chi connectivity index (χ1v) is 9.11. The van der Waals surface area contributed by atoms with Gasteiger partial charge in [-0.3, -0.25) is 19.9 Å². The lowest BCUT2D eigenvalue weighted by Crippen LogP contribution is -2.26. The largest absolute Gasteiger partial charge is 0.364 e. The third-order valence-corrected chi connectivity index (χ3v) is 5.70. The van der Waals surface area contributed by atoms with Gasteiger partial charge in [-0.15, -0.1) is 11.3 Å². The molecule has 0 saturated carbocycles. The van der Waals surface area contributed by atoms with Gasteiger partial charge in [0, 0.05) is 11.1 Å². The Kier molecular flexibility index (Phi) is 4.60. The molecule has 0 radical (unpaired) electrons. The number of aryl methyl sites for hydroxylation is 1. The van der Waals surface area contributed by atoms with Crippen molar-refractivity contribution in [2.45, 2.75) is 40.0 Å². The monoisotopic (exact) mass is 358 g/mol. The molecule has 1 aliphatic carbocycles. The molecule has 6 nitrogen and oxygen atoms in total. The number of amides is 2. The van der Waals surface area contributed by atoms with Crippen LogP contribution in [-0.2, 0) is 12.8 Å². The molecule has 1 atom stereocenters. The normalized spacial score (nSPS) is 17.0. The summed E-state index contributed by atoms with van der Waals surface area (Å²) in [6.07, 6.45) is 4.45. The first-order chi connectivity index (χ1) is 11.7. The van der Waals surface area contributed by atoms with Crippen LogP contribution in [0.3, 0.4) is 0 Å². The molecule has 1 unspecified atom stereocenters. The van der Waals surface area contributed by atoms with Crippen molar-refractivity contribution in [3.8, 4) is 0 Å². The Hall–Kier alpha value is -2.28. The second-order valence-electron chi connectivity index (χ2n) is 7.45. The van der Waals surface area contributed by atoms with E-state index in [1.54, 1.807) is 11.3 Å². The van der Waals surface area contributed by atoms with Gasteiger partial charge in [0.2, 0.25) is 0 Å². The van der Waals surface area contributed by atoms with E-state index in [0.717, 1.165) is 25.0 Å². The van der Waals surface area contributed by atoms with E-state index < -0.39 is 5.91 Å². The van der Waals surface area contributed by atoms with E-state index in [1.165, 1.54) is 23.2 Å². The van der Waals surface area contributed by atoms with E-state index in [0.29, 0.717) is 16.6 Å². The molecule has 2 aromatic heterocycles. The predicted molar refractivity (Wildman–Crippen MR) is 97.8 cm³/mol. The Morgan fingerprint density at radius 2 is 2.08 bits per heavy atom. The summed E-state index contributed by atoms with van der Waals surface area (Å²) in [6, 6.07) is 2.98. The van der Waals surface area contributed by atoms with Gasteiger partial charge in [-0.2, -0.15) is 0 Å². The Morgan fingerprint density at radius 3 is 2.68 bits per heavy atom. The Bertz CT molecular complexity index is 805. The van der Waals surface area contributed by atoms with E-state index in [1.807, 2.05) is 0 Å². The fourth-order valence-electron chi connectivity index (χ4n) is 3.01. The maximum atomic E-state index is 12.3. The molecule has 0 aromatic carbocycles. The summed E-state index contributed by atoms with van der Waals surface area (Å²) in [7, 11) is 0. The van der Waals surface area contributed by atoms with Crippen LogP contribution in [0.5, 0.6) is 0 Å². The van der Waals surface area contributed by atoms with Gasteiger partial charge in [-0.05, 0) is 42.7 Å². The third-order valence-electron chi connectivity index (χ3n) is 4.66. The van der Waals surface area contributed by atoms with Crippen LogP contribution in [0.2, 0.25) is 0 Å². The average molecular weight is 358 g/mol. The number of fused-ring (bicyclic) bond motifs is 1. The highest BCUT2D eigenvalue weighted by molar-refractivity contribution is 7.15. The zero-order valence-electron chi connectivity index (χ0n) is 14.6. The lowest BCUT2D eigenvalue weighted by Gasteiger charge is -2.33. The molecule has 0 spiro atoms. The molecule has 2 heterocycles. The molecule has 25 heavy (non-hydrogen) atoms. The number of thiazole rings is 1. The molecule has 1 aliphatic rings. The van der Waals surface area contributed by atoms with E-state index in [4.69, 9.17) is 5.73 Å². The van der Waals surface area contributed by atoms with Gasteiger partial charge in [-0.25, -0.2) is 4.98 Å². The maximum absolute atomic E-state index is 12.3. The second-order valence-corrected chi connectivity index (χ2v) is 8.53. The molecular weight excluding hydrogens is 336 g/mol. The molecule has 2 aromatic rings. The van der Waals surface area contributed by atoms with Crippen molar-refractivity contribution in [1.29, 1.82) is 0 Å². The summed E-state index contributed by atoms with van der Waals surface area (Å²) in [5.41, 5.74) is 7.03. The molecular formula is C18H22N4O2S. The van der Waals surface area contributed by atoms with Crippen molar-refractivity contribution in [3.63, 3.8) is 0 Å². The maximum Gasteiger partial charge on any atom is 0.267 e. The topological polar surface area (TPSA) is 98.0 Å². The number of nitrogens with one attached hydrogen (secondary N) is 1. The standard InChI is InChI=1S/C18H22N4O2S/c1-18(2,3)11-5-7-12-14(8-11)25-17(21-12)22-16(24)10-4-6-13(15(19)23)20-9-10/h4,6,9,11H,5,7-8H2,1-3H3,(H2,19,23)(H,21,22,24). The van der Waals surface area contributed by atoms with Crippen LogP contribution >= 0.6 is 11.3 Å². The predicted octanol–water partition coefficient (Wildman–Crippen LogP) is 3.04. The Morgan fingerprint density at radius 1 is 1.32 bits per heavy atom. The number of nitrogens with two attached hydrogens (primary N) is 1. The summed E-state index contributed by atoms with van der Waals surface area (Å²) in [5, 5.41) is 3.44. The minimum atomic E-state index is -0.618. The van der Waals surface area contributed by atoms with Crippen LogP contribution in [0.1, 0.15) is 58.6 Å². The van der Waals surface area contributed by atoms with E-state index >= 15 is 0 Å². The minimum Gasteiger partial charge on any atom is -0.364 e. The van der Waals surface area contributed by atoms with Gasteiger partial charge in [0.05, 0.1) is 11.3 Å². The van der Waals surface area contributed by atoms with Crippen molar-refractivity contribution < 1.29 is 9.59 Å². The molecule has 0 saturated heterocycles. The number of carbonyl (C=O) groups excluding carboxylic acids is 2. The summed E-state index contributed by atoms with van der Waals surface area (Å²) in [4.78, 5) is 33.1. The number of rotatable bonds is 3. The number of aromatic nitrogens is 2. The van der Waals surface area contributed by atoms with Crippen LogP contribution in [0.4, 0.5) is 5.13 Å². The Balaban J connectivity index is 1.71. The van der Waals surface area contributed by atoms with Gasteiger partial charge in [0.15, 0.2) is 5.13 Å². The average Bonchev–Trinajstić information content (AvgIpc) is 2.95. The van der Waals surface area contributed by atoms with Crippen molar-refractivity contribution in [2.24, 2.45) is 17.1 Å². The van der Waals surface area contributed by atoms with Crippen LogP contribution in [0.25, 0.3) is 0 Å². The fourth-order valence-corrected chi connectivity index (χ4v) is 4.09. The van der Waals surface area contributed by atoms with Crippen LogP contribution in [0, 0.1) is 11.3 Å². The summed E-state index contributed by atoms with van der Waals surface area (Å²) >= 11 is 1.55. The zero-order chi connectivity index (χ0) is 18.2. The van der Waals surface area contributed by atoms with E-state index in [-0.39, 0.29) is 17.0 Å². The molecule has 0 bridgehead atoms. The van der Waals surface area contributed by atoms with Crippen LogP contribution in [0.15, 0.2) is 18.3 Å². The smallest absolute Gasteiger partial charge is 0.267 e. The van der Waals surface area contributed by atoms with E-state index in [9.17, 15) is 9.59 Å². The third kappa shape index (κ3) is 3.87. The van der Waals surface area contributed by atoms with Gasteiger partial charge in [0.25, 0.3) is 11.8 Å². The van der Waals surface area contributed by atoms with Crippen molar-refractivity contribution in [2.75, 3.05) is 5.32 Å². The van der Waals surface area contributed by atoms with Gasteiger partial charge < -0.3 is 5.73 Å². The van der Waals surface area contributed by atoms with Crippen molar-refractivity contribution in [3.05, 3.63) is 40.2 Å². The molecule has 2 amide bonds. The molecule has 7 heteroatoms. The fraction of sp³-hybridized carbons (Fsp3) is 0.444. The summed E-state index contributed by atoms with van der Waals surface area (Å²) < 4.78 is 0. The number of anilines is 1. The summed E-state index contributed by atoms with van der Waals surface area (Å²) in [5.74, 6) is -0.274. The highest BCUT2D eigenvalue weighted by atomic mass is 32.1. The lowest BCUT2D eigenvalue weighted by molar-refractivity contribution is 0.0990. The van der Waals surface area contributed by atoms with Crippen LogP contribution < -0.4 is 11.1 Å². The number of carbonyl (C=O) groups is 2. The van der Waals surface area contributed by atoms with Crippen molar-refractivity contribution in [1.82, 2.24) is 9.97 Å². The first kappa shape index (κ1) is 17.5. The van der Waals surface area contributed by atoms with Gasteiger partial charge in [0.1, 0.15) is 5.69 Å². The molecule has 3 N–H and O–H groups in total. The summed E-state index contributed by atoms with van der Waals surface area (Å²) in [6.45, 7) is 6.82. The van der Waals surface area contributed by atoms with Gasteiger partial charge >= 0.3 is 0 Å². The minimum absolute atomic E-state index is 0.134. The number of pyridine rings is 1. The lowest BCUT2D eigenvalue weighted by atomic mass is 9.73.